The smallest absolute Gasteiger partial charge is 0.287 e. The second kappa shape index (κ2) is 8.76. The molecule has 1 saturated heterocycles. The lowest BCUT2D eigenvalue weighted by atomic mass is 9.91. The molecule has 0 aromatic rings. The molecule has 1 aliphatic heterocycles. The molecule has 136 valence electrons. The van der Waals surface area contributed by atoms with Crippen molar-refractivity contribution >= 4 is 5.91 Å². The summed E-state index contributed by atoms with van der Waals surface area (Å²) >= 11 is 0. The van der Waals surface area contributed by atoms with Crippen LogP contribution in [0.25, 0.3) is 0 Å². The summed E-state index contributed by atoms with van der Waals surface area (Å²) in [5, 5.41) is 0. The number of amides is 1. The van der Waals surface area contributed by atoms with E-state index in [1.165, 1.54) is 0 Å². The number of nitrogens with zero attached hydrogens (tertiary/aromatic N) is 1. The van der Waals surface area contributed by atoms with E-state index in [1.54, 1.807) is 4.90 Å². The van der Waals surface area contributed by atoms with Crippen LogP contribution < -0.4 is 0 Å². The van der Waals surface area contributed by atoms with Crippen LogP contribution in [0.15, 0.2) is 23.9 Å². The molecule has 1 atom stereocenters. The lowest BCUT2D eigenvalue weighted by molar-refractivity contribution is -0.239. The zero-order valence-electron chi connectivity index (χ0n) is 15.1. The van der Waals surface area contributed by atoms with Gasteiger partial charge in [-0.15, -0.1) is 0 Å². The predicted octanol–water partition coefficient (Wildman–Crippen LogP) is 2.46. The molecule has 2 aliphatic rings. The molecule has 6 nitrogen and oxygen atoms in total. The molecule has 0 saturated carbocycles. The van der Waals surface area contributed by atoms with E-state index in [9.17, 15) is 4.79 Å². The molecule has 1 amide bonds. The first-order chi connectivity index (χ1) is 11.6. The maximum atomic E-state index is 13.2. The zero-order valence-corrected chi connectivity index (χ0v) is 15.1. The highest BCUT2D eigenvalue weighted by Gasteiger charge is 2.59. The Kier molecular flexibility index (Phi) is 6.98. The summed E-state index contributed by atoms with van der Waals surface area (Å²) in [5.41, 5.74) is 0.911. The van der Waals surface area contributed by atoms with Crippen molar-refractivity contribution in [1.29, 1.82) is 0 Å². The van der Waals surface area contributed by atoms with Crippen LogP contribution in [-0.4, -0.2) is 55.9 Å². The summed E-state index contributed by atoms with van der Waals surface area (Å²) in [6, 6.07) is 0. The van der Waals surface area contributed by atoms with Crippen molar-refractivity contribution < 1.29 is 23.7 Å². The van der Waals surface area contributed by atoms with Gasteiger partial charge in [-0.25, -0.2) is 0 Å². The minimum atomic E-state index is -1.25. The fourth-order valence-electron chi connectivity index (χ4n) is 3.36. The van der Waals surface area contributed by atoms with E-state index in [4.69, 9.17) is 18.9 Å². The largest absolute Gasteiger partial charge is 0.351 e. The lowest BCUT2D eigenvalue weighted by Crippen LogP contribution is -2.49. The van der Waals surface area contributed by atoms with Gasteiger partial charge in [-0.2, -0.15) is 0 Å². The molecule has 1 aliphatic carbocycles. The Hall–Kier alpha value is -1.21. The number of carbonyl (C=O) groups is 1. The quantitative estimate of drug-likeness (QED) is 0.572. The molecule has 24 heavy (non-hydrogen) atoms. The highest BCUT2D eigenvalue weighted by atomic mass is 16.7. The first kappa shape index (κ1) is 19.1. The second-order valence-corrected chi connectivity index (χ2v) is 5.60. The Morgan fingerprint density at radius 1 is 1.12 bits per heavy atom. The molecule has 1 heterocycles. The van der Waals surface area contributed by atoms with Crippen LogP contribution in [0.4, 0.5) is 0 Å². The van der Waals surface area contributed by atoms with Gasteiger partial charge in [0.2, 0.25) is 0 Å². The third-order valence-electron chi connectivity index (χ3n) is 4.20. The fourth-order valence-corrected chi connectivity index (χ4v) is 3.36. The molecule has 1 fully saturated rings. The topological polar surface area (TPSA) is 57.2 Å². The van der Waals surface area contributed by atoms with Crippen LogP contribution in [0.2, 0.25) is 0 Å². The first-order valence-electron chi connectivity index (χ1n) is 8.84. The van der Waals surface area contributed by atoms with Gasteiger partial charge in [0.05, 0.1) is 12.5 Å². The Bertz CT molecular complexity index is 476. The maximum absolute atomic E-state index is 13.2. The van der Waals surface area contributed by atoms with E-state index in [-0.39, 0.29) is 11.8 Å². The fraction of sp³-hybridized carbons (Fsp3) is 0.722. The van der Waals surface area contributed by atoms with Crippen LogP contribution >= 0.6 is 0 Å². The van der Waals surface area contributed by atoms with Crippen LogP contribution in [0.5, 0.6) is 0 Å². The number of fused-ring (bicyclic) bond motifs is 1. The van der Waals surface area contributed by atoms with Gasteiger partial charge in [0.25, 0.3) is 11.7 Å². The van der Waals surface area contributed by atoms with Gasteiger partial charge in [-0.05, 0) is 40.2 Å². The standard InChI is InChI=1S/C18H29NO5/c1-5-21-16(22-6-2)13-19-15-12-10-9-11-14(15)18(17(19)20,23-7-3)24-8-4/h9-10,12,14,16H,5-8,11,13H2,1-4H3. The second-order valence-electron chi connectivity index (χ2n) is 5.60. The van der Waals surface area contributed by atoms with Crippen molar-refractivity contribution in [3.63, 3.8) is 0 Å². The lowest BCUT2D eigenvalue weighted by Gasteiger charge is -2.31. The molecular formula is C18H29NO5. The van der Waals surface area contributed by atoms with Crippen molar-refractivity contribution in [3.8, 4) is 0 Å². The maximum Gasteiger partial charge on any atom is 0.287 e. The summed E-state index contributed by atoms with van der Waals surface area (Å²) in [5.74, 6) is -1.56. The van der Waals surface area contributed by atoms with Gasteiger partial charge >= 0.3 is 0 Å². The average Bonchev–Trinajstić information content (AvgIpc) is 2.79. The number of hydrogen-bond acceptors (Lipinski definition) is 5. The number of hydrogen-bond donors (Lipinski definition) is 0. The molecule has 0 aromatic carbocycles. The minimum absolute atomic E-state index is 0.140. The summed E-state index contributed by atoms with van der Waals surface area (Å²) < 4.78 is 23.0. The number of rotatable bonds is 10. The van der Waals surface area contributed by atoms with E-state index >= 15 is 0 Å². The van der Waals surface area contributed by atoms with Gasteiger partial charge < -0.3 is 23.8 Å². The summed E-state index contributed by atoms with van der Waals surface area (Å²) in [4.78, 5) is 14.9. The Labute approximate surface area is 144 Å². The first-order valence-corrected chi connectivity index (χ1v) is 8.84. The van der Waals surface area contributed by atoms with Crippen molar-refractivity contribution in [3.05, 3.63) is 23.9 Å². The predicted molar refractivity (Wildman–Crippen MR) is 90.1 cm³/mol. The van der Waals surface area contributed by atoms with Gasteiger partial charge in [-0.1, -0.05) is 12.2 Å². The van der Waals surface area contributed by atoms with Crippen molar-refractivity contribution in [1.82, 2.24) is 4.90 Å². The molecular weight excluding hydrogens is 310 g/mol. The molecule has 2 rings (SSSR count). The number of allylic oxidation sites excluding steroid dienone is 3. The molecule has 1 unspecified atom stereocenters. The van der Waals surface area contributed by atoms with Crippen molar-refractivity contribution in [2.75, 3.05) is 33.0 Å². The summed E-state index contributed by atoms with van der Waals surface area (Å²) in [6.45, 7) is 9.78. The summed E-state index contributed by atoms with van der Waals surface area (Å²) in [6.07, 6.45) is 6.22. The van der Waals surface area contributed by atoms with Crippen LogP contribution in [0.3, 0.4) is 0 Å². The van der Waals surface area contributed by atoms with E-state index in [0.29, 0.717) is 39.4 Å². The Morgan fingerprint density at radius 3 is 2.29 bits per heavy atom. The number of likely N-dealkylation sites (tertiary alicyclic amines) is 1. The van der Waals surface area contributed by atoms with Gasteiger partial charge in [-0.3, -0.25) is 4.79 Å². The van der Waals surface area contributed by atoms with E-state index < -0.39 is 12.1 Å². The van der Waals surface area contributed by atoms with E-state index in [0.717, 1.165) is 5.70 Å². The Morgan fingerprint density at radius 2 is 1.75 bits per heavy atom. The Balaban J connectivity index is 2.31. The molecule has 0 spiro atoms. The third kappa shape index (κ3) is 3.57. The van der Waals surface area contributed by atoms with Crippen LogP contribution in [0.1, 0.15) is 34.1 Å². The summed E-state index contributed by atoms with van der Waals surface area (Å²) in [7, 11) is 0. The number of carbonyl (C=O) groups excluding carboxylic acids is 1. The molecule has 6 heteroatoms. The number of ether oxygens (including phenoxy) is 4. The van der Waals surface area contributed by atoms with E-state index in [2.05, 4.69) is 0 Å². The molecule has 0 N–H and O–H groups in total. The molecule has 0 bridgehead atoms. The van der Waals surface area contributed by atoms with Crippen molar-refractivity contribution in [2.24, 2.45) is 5.92 Å². The van der Waals surface area contributed by atoms with E-state index in [1.807, 2.05) is 45.9 Å². The highest BCUT2D eigenvalue weighted by molar-refractivity contribution is 5.90. The van der Waals surface area contributed by atoms with Gasteiger partial charge in [0.15, 0.2) is 6.29 Å². The van der Waals surface area contributed by atoms with Crippen LogP contribution in [0, 0.1) is 5.92 Å². The zero-order chi connectivity index (χ0) is 17.6. The van der Waals surface area contributed by atoms with Gasteiger partial charge in [0, 0.05) is 32.1 Å². The highest BCUT2D eigenvalue weighted by Crippen LogP contribution is 2.45. The third-order valence-corrected chi connectivity index (χ3v) is 4.20. The SMILES string of the molecule is CCOC(CN1C(=O)C(OCC)(OCC)C2CC=CC=C21)OCC. The minimum Gasteiger partial charge on any atom is -0.351 e. The normalized spacial score (nSPS) is 22.2. The molecule has 0 radical (unpaired) electrons. The van der Waals surface area contributed by atoms with Crippen LogP contribution in [-0.2, 0) is 23.7 Å². The monoisotopic (exact) mass is 339 g/mol. The van der Waals surface area contributed by atoms with Gasteiger partial charge in [0.1, 0.15) is 0 Å². The molecule has 0 aromatic heterocycles. The average molecular weight is 339 g/mol. The van der Waals surface area contributed by atoms with Crippen molar-refractivity contribution in [2.45, 2.75) is 46.2 Å².